The molecule has 5 aromatic rings. The van der Waals surface area contributed by atoms with Crippen molar-refractivity contribution in [2.24, 2.45) is 0 Å². The van der Waals surface area contributed by atoms with Gasteiger partial charge in [-0.15, -0.1) is 11.3 Å². The summed E-state index contributed by atoms with van der Waals surface area (Å²) < 4.78 is 1.18. The van der Waals surface area contributed by atoms with Gasteiger partial charge in [0.15, 0.2) is 0 Å². The fourth-order valence-electron chi connectivity index (χ4n) is 4.34. The first-order chi connectivity index (χ1) is 16.2. The molecule has 0 bridgehead atoms. The summed E-state index contributed by atoms with van der Waals surface area (Å²) in [6.07, 6.45) is 1.62. The number of thiazole rings is 1. The number of nitrogens with zero attached hydrogens (tertiary/aromatic N) is 5. The molecule has 1 aliphatic heterocycles. The molecule has 0 unspecified atom stereocenters. The average molecular weight is 453 g/mol. The van der Waals surface area contributed by atoms with Gasteiger partial charge in [0.25, 0.3) is 0 Å². The second-order valence-corrected chi connectivity index (χ2v) is 9.34. The maximum Gasteiger partial charge on any atom is 0.141 e. The first kappa shape index (κ1) is 20.1. The molecule has 7 heteroatoms. The average Bonchev–Trinajstić information content (AvgIpc) is 3.33. The Morgan fingerprint density at radius 3 is 2.45 bits per heavy atom. The molecule has 0 aliphatic carbocycles. The molecule has 3 heterocycles. The highest BCUT2D eigenvalue weighted by molar-refractivity contribution is 7.16. The molecular weight excluding hydrogens is 428 g/mol. The van der Waals surface area contributed by atoms with Gasteiger partial charge in [0.2, 0.25) is 0 Å². The van der Waals surface area contributed by atoms with E-state index in [2.05, 4.69) is 97.8 Å². The van der Waals surface area contributed by atoms with Crippen molar-refractivity contribution in [1.29, 1.82) is 0 Å². The van der Waals surface area contributed by atoms with Crippen molar-refractivity contribution in [1.82, 2.24) is 19.9 Å². The number of anilines is 3. The standard InChI is InChI=1S/C26H24N6S/c1-31-10-12-32(13-11-31)21-6-2-18(3-7-21)19-4-8-22-23(14-19)27-16-28-26(22)30-20-5-9-25-24(15-20)29-17-33-25/h2-9,14-17H,10-13H2,1H3,(H,27,28,30). The lowest BCUT2D eigenvalue weighted by atomic mass is 10.0. The summed E-state index contributed by atoms with van der Waals surface area (Å²) in [5, 5.41) is 4.43. The van der Waals surface area contributed by atoms with E-state index in [-0.39, 0.29) is 0 Å². The van der Waals surface area contributed by atoms with Crippen LogP contribution in [0.5, 0.6) is 0 Å². The minimum absolute atomic E-state index is 0.798. The van der Waals surface area contributed by atoms with Gasteiger partial charge in [0.1, 0.15) is 12.1 Å². The van der Waals surface area contributed by atoms with Crippen LogP contribution in [0.2, 0.25) is 0 Å². The highest BCUT2D eigenvalue weighted by Crippen LogP contribution is 2.30. The highest BCUT2D eigenvalue weighted by atomic mass is 32.1. The minimum Gasteiger partial charge on any atom is -0.369 e. The summed E-state index contributed by atoms with van der Waals surface area (Å²) in [6, 6.07) is 21.4. The molecule has 1 aliphatic rings. The normalized spacial score (nSPS) is 14.8. The Morgan fingerprint density at radius 2 is 1.61 bits per heavy atom. The van der Waals surface area contributed by atoms with E-state index < -0.39 is 0 Å². The summed E-state index contributed by atoms with van der Waals surface area (Å²) in [4.78, 5) is 18.3. The van der Waals surface area contributed by atoms with Crippen molar-refractivity contribution in [2.75, 3.05) is 43.4 Å². The largest absolute Gasteiger partial charge is 0.369 e. The number of hydrogen-bond donors (Lipinski definition) is 1. The number of hydrogen-bond acceptors (Lipinski definition) is 7. The first-order valence-electron chi connectivity index (χ1n) is 11.1. The van der Waals surface area contributed by atoms with Crippen LogP contribution < -0.4 is 10.2 Å². The maximum absolute atomic E-state index is 4.53. The lowest BCUT2D eigenvalue weighted by Gasteiger charge is -2.34. The van der Waals surface area contributed by atoms with Crippen LogP contribution >= 0.6 is 11.3 Å². The topological polar surface area (TPSA) is 57.2 Å². The molecule has 0 saturated carbocycles. The second kappa shape index (κ2) is 8.42. The Kier molecular flexibility index (Phi) is 5.13. The van der Waals surface area contributed by atoms with Gasteiger partial charge in [-0.1, -0.05) is 18.2 Å². The van der Waals surface area contributed by atoms with E-state index in [4.69, 9.17) is 0 Å². The van der Waals surface area contributed by atoms with Crippen LogP contribution in [-0.2, 0) is 0 Å². The second-order valence-electron chi connectivity index (χ2n) is 8.45. The van der Waals surface area contributed by atoms with Crippen molar-refractivity contribution in [3.63, 3.8) is 0 Å². The smallest absolute Gasteiger partial charge is 0.141 e. The van der Waals surface area contributed by atoms with Gasteiger partial charge in [-0.3, -0.25) is 0 Å². The maximum atomic E-state index is 4.53. The molecule has 0 amide bonds. The summed E-state index contributed by atoms with van der Waals surface area (Å²) in [7, 11) is 2.18. The van der Waals surface area contributed by atoms with E-state index in [1.165, 1.54) is 16.0 Å². The molecular formula is C26H24N6S. The summed E-state index contributed by atoms with van der Waals surface area (Å²) >= 11 is 1.64. The summed E-state index contributed by atoms with van der Waals surface area (Å²) in [6.45, 7) is 4.38. The van der Waals surface area contributed by atoms with Crippen LogP contribution in [0.4, 0.5) is 17.2 Å². The zero-order valence-electron chi connectivity index (χ0n) is 18.4. The van der Waals surface area contributed by atoms with Crippen LogP contribution in [0.25, 0.3) is 32.2 Å². The van der Waals surface area contributed by atoms with E-state index in [1.54, 1.807) is 17.7 Å². The summed E-state index contributed by atoms with van der Waals surface area (Å²) in [5.41, 5.74) is 8.38. The lowest BCUT2D eigenvalue weighted by molar-refractivity contribution is 0.313. The Hall–Kier alpha value is -3.55. The SMILES string of the molecule is CN1CCN(c2ccc(-c3ccc4c(Nc5ccc6scnc6c5)ncnc4c3)cc2)CC1. The Morgan fingerprint density at radius 1 is 0.788 bits per heavy atom. The molecule has 2 aromatic heterocycles. The van der Waals surface area contributed by atoms with Gasteiger partial charge in [-0.05, 0) is 60.6 Å². The summed E-state index contributed by atoms with van der Waals surface area (Å²) in [5.74, 6) is 0.798. The Labute approximate surface area is 196 Å². The van der Waals surface area contributed by atoms with Crippen molar-refractivity contribution in [3.05, 3.63) is 72.5 Å². The van der Waals surface area contributed by atoms with E-state index >= 15 is 0 Å². The molecule has 6 nitrogen and oxygen atoms in total. The van der Waals surface area contributed by atoms with Crippen molar-refractivity contribution >= 4 is 49.6 Å². The predicted octanol–water partition coefficient (Wildman–Crippen LogP) is 5.40. The van der Waals surface area contributed by atoms with E-state index in [0.29, 0.717) is 0 Å². The fraction of sp³-hybridized carbons (Fsp3) is 0.192. The first-order valence-corrected chi connectivity index (χ1v) is 12.0. The van der Waals surface area contributed by atoms with Gasteiger partial charge < -0.3 is 15.1 Å². The number of benzene rings is 3. The fourth-order valence-corrected chi connectivity index (χ4v) is 5.00. The van der Waals surface area contributed by atoms with E-state index in [1.807, 2.05) is 5.51 Å². The third-order valence-corrected chi connectivity index (χ3v) is 7.11. The van der Waals surface area contributed by atoms with Crippen LogP contribution in [0.1, 0.15) is 0 Å². The molecule has 3 aromatic carbocycles. The number of rotatable bonds is 4. The number of aromatic nitrogens is 3. The molecule has 6 rings (SSSR count). The third kappa shape index (κ3) is 4.01. The number of nitrogens with one attached hydrogen (secondary N) is 1. The van der Waals surface area contributed by atoms with Gasteiger partial charge in [0, 0.05) is 42.9 Å². The van der Waals surface area contributed by atoms with Crippen LogP contribution in [0.3, 0.4) is 0 Å². The molecule has 1 fully saturated rings. The van der Waals surface area contributed by atoms with Gasteiger partial charge in [-0.2, -0.15) is 0 Å². The monoisotopic (exact) mass is 452 g/mol. The minimum atomic E-state index is 0.798. The predicted molar refractivity (Wildman–Crippen MR) is 138 cm³/mol. The molecule has 0 radical (unpaired) electrons. The van der Waals surface area contributed by atoms with Gasteiger partial charge >= 0.3 is 0 Å². The molecule has 33 heavy (non-hydrogen) atoms. The lowest BCUT2D eigenvalue weighted by Crippen LogP contribution is -2.44. The van der Waals surface area contributed by atoms with Crippen LogP contribution in [0.15, 0.2) is 72.5 Å². The third-order valence-electron chi connectivity index (χ3n) is 6.30. The number of piperazine rings is 1. The van der Waals surface area contributed by atoms with E-state index in [9.17, 15) is 0 Å². The van der Waals surface area contributed by atoms with Crippen molar-refractivity contribution in [3.8, 4) is 11.1 Å². The van der Waals surface area contributed by atoms with Crippen molar-refractivity contribution in [2.45, 2.75) is 0 Å². The van der Waals surface area contributed by atoms with Crippen LogP contribution in [-0.4, -0.2) is 53.1 Å². The van der Waals surface area contributed by atoms with Gasteiger partial charge in [-0.25, -0.2) is 15.0 Å². The van der Waals surface area contributed by atoms with Crippen LogP contribution in [0, 0.1) is 0 Å². The Balaban J connectivity index is 1.26. The number of likely N-dealkylation sites (N-methyl/N-ethyl adjacent to an activating group) is 1. The van der Waals surface area contributed by atoms with E-state index in [0.717, 1.165) is 59.7 Å². The van der Waals surface area contributed by atoms with Crippen molar-refractivity contribution < 1.29 is 0 Å². The molecule has 1 N–H and O–H groups in total. The molecule has 1 saturated heterocycles. The highest BCUT2D eigenvalue weighted by Gasteiger charge is 2.14. The Bertz CT molecular complexity index is 1420. The van der Waals surface area contributed by atoms with Gasteiger partial charge in [0.05, 0.1) is 21.2 Å². The number of fused-ring (bicyclic) bond motifs is 2. The zero-order chi connectivity index (χ0) is 22.2. The molecule has 164 valence electrons. The molecule has 0 atom stereocenters. The quantitative estimate of drug-likeness (QED) is 0.394. The zero-order valence-corrected chi connectivity index (χ0v) is 19.2. The molecule has 0 spiro atoms.